The minimum absolute atomic E-state index is 0.0416. The summed E-state index contributed by atoms with van der Waals surface area (Å²) in [5.41, 5.74) is 7.46. The lowest BCUT2D eigenvalue weighted by atomic mass is 10.1. The van der Waals surface area contributed by atoms with Crippen LogP contribution in [-0.4, -0.2) is 6.03 Å². The van der Waals surface area contributed by atoms with E-state index < -0.39 is 6.03 Å². The number of carbonyl (C=O) groups is 1. The van der Waals surface area contributed by atoms with Crippen molar-refractivity contribution in [1.82, 2.24) is 0 Å². The fourth-order valence-electron chi connectivity index (χ4n) is 2.01. The zero-order valence-electron chi connectivity index (χ0n) is 11.4. The maximum atomic E-state index is 10.9. The Bertz CT molecular complexity index is 661. The molecular formula is C15H15Cl2N3O. The number of benzene rings is 2. The Morgan fingerprint density at radius 1 is 1.14 bits per heavy atom. The molecule has 0 aliphatic heterocycles. The number of hydrogen-bond acceptors (Lipinski definition) is 2. The van der Waals surface area contributed by atoms with Crippen LogP contribution in [0.5, 0.6) is 0 Å². The Kier molecular flexibility index (Phi) is 4.94. The first-order chi connectivity index (χ1) is 9.97. The van der Waals surface area contributed by atoms with E-state index in [-0.39, 0.29) is 6.04 Å². The maximum Gasteiger partial charge on any atom is 0.316 e. The van der Waals surface area contributed by atoms with Crippen molar-refractivity contribution in [2.75, 3.05) is 10.6 Å². The van der Waals surface area contributed by atoms with E-state index in [9.17, 15) is 4.79 Å². The average Bonchev–Trinajstić information content (AvgIpc) is 2.41. The highest BCUT2D eigenvalue weighted by Gasteiger charge is 2.12. The van der Waals surface area contributed by atoms with E-state index in [1.165, 1.54) is 0 Å². The quantitative estimate of drug-likeness (QED) is 0.766. The molecule has 0 saturated heterocycles. The number of rotatable bonds is 4. The fraction of sp³-hybridized carbons (Fsp3) is 0.133. The van der Waals surface area contributed by atoms with Gasteiger partial charge in [-0.05, 0) is 36.8 Å². The first-order valence-electron chi connectivity index (χ1n) is 6.34. The maximum absolute atomic E-state index is 10.9. The molecule has 1 atom stereocenters. The van der Waals surface area contributed by atoms with E-state index in [2.05, 4.69) is 10.6 Å². The smallest absolute Gasteiger partial charge is 0.316 e. The van der Waals surface area contributed by atoms with Gasteiger partial charge in [-0.2, -0.15) is 0 Å². The lowest BCUT2D eigenvalue weighted by Gasteiger charge is -2.18. The fourth-order valence-corrected chi connectivity index (χ4v) is 2.48. The SMILES string of the molecule is CC(Nc1cccc(NC(N)=O)c1)c1cccc(Cl)c1Cl. The van der Waals surface area contributed by atoms with Crippen LogP contribution in [0.4, 0.5) is 16.2 Å². The van der Waals surface area contributed by atoms with Crippen molar-refractivity contribution in [3.63, 3.8) is 0 Å². The number of nitrogens with one attached hydrogen (secondary N) is 2. The molecular weight excluding hydrogens is 309 g/mol. The minimum atomic E-state index is -0.599. The molecule has 2 rings (SSSR count). The number of carbonyl (C=O) groups excluding carboxylic acids is 1. The molecule has 0 fully saturated rings. The average molecular weight is 324 g/mol. The van der Waals surface area contributed by atoms with Gasteiger partial charge in [0, 0.05) is 11.4 Å². The van der Waals surface area contributed by atoms with Gasteiger partial charge in [-0.1, -0.05) is 41.4 Å². The second kappa shape index (κ2) is 6.70. The normalized spacial score (nSPS) is 11.8. The summed E-state index contributed by atoms with van der Waals surface area (Å²) in [7, 11) is 0. The number of anilines is 2. The van der Waals surface area contributed by atoms with Gasteiger partial charge >= 0.3 is 6.03 Å². The second-order valence-corrected chi connectivity index (χ2v) is 5.36. The van der Waals surface area contributed by atoms with Gasteiger partial charge in [-0.15, -0.1) is 0 Å². The summed E-state index contributed by atoms with van der Waals surface area (Å²) < 4.78 is 0. The zero-order valence-corrected chi connectivity index (χ0v) is 12.9. The van der Waals surface area contributed by atoms with E-state index in [1.807, 2.05) is 31.2 Å². The molecule has 4 N–H and O–H groups in total. The van der Waals surface area contributed by atoms with Gasteiger partial charge in [0.2, 0.25) is 0 Å². The lowest BCUT2D eigenvalue weighted by molar-refractivity contribution is 0.259. The molecule has 110 valence electrons. The van der Waals surface area contributed by atoms with Gasteiger partial charge < -0.3 is 16.4 Å². The van der Waals surface area contributed by atoms with Gasteiger partial charge in [0.15, 0.2) is 0 Å². The van der Waals surface area contributed by atoms with Gasteiger partial charge in [-0.25, -0.2) is 4.79 Å². The topological polar surface area (TPSA) is 67.2 Å². The molecule has 0 aliphatic carbocycles. The van der Waals surface area contributed by atoms with Crippen LogP contribution < -0.4 is 16.4 Å². The molecule has 0 aromatic heterocycles. The largest absolute Gasteiger partial charge is 0.378 e. The Balaban J connectivity index is 2.17. The number of urea groups is 1. The van der Waals surface area contributed by atoms with Crippen LogP contribution >= 0.6 is 23.2 Å². The highest BCUT2D eigenvalue weighted by atomic mass is 35.5. The number of amides is 2. The van der Waals surface area contributed by atoms with E-state index in [1.54, 1.807) is 18.2 Å². The third-order valence-corrected chi connectivity index (χ3v) is 3.79. The molecule has 2 amide bonds. The van der Waals surface area contributed by atoms with E-state index in [0.29, 0.717) is 15.7 Å². The van der Waals surface area contributed by atoms with E-state index in [4.69, 9.17) is 28.9 Å². The Morgan fingerprint density at radius 2 is 1.81 bits per heavy atom. The molecule has 6 heteroatoms. The monoisotopic (exact) mass is 323 g/mol. The standard InChI is InChI=1S/C15H15Cl2N3O/c1-9(12-6-3-7-13(16)14(12)17)19-10-4-2-5-11(8-10)20-15(18)21/h2-9,19H,1H3,(H3,18,20,21). The van der Waals surface area contributed by atoms with E-state index in [0.717, 1.165) is 11.3 Å². The van der Waals surface area contributed by atoms with Crippen LogP contribution in [0.25, 0.3) is 0 Å². The van der Waals surface area contributed by atoms with Crippen LogP contribution in [0.2, 0.25) is 10.0 Å². The number of primary amides is 1. The number of hydrogen-bond donors (Lipinski definition) is 3. The summed E-state index contributed by atoms with van der Waals surface area (Å²) in [5.74, 6) is 0. The van der Waals surface area contributed by atoms with Gasteiger partial charge in [0.1, 0.15) is 0 Å². The highest BCUT2D eigenvalue weighted by Crippen LogP contribution is 2.31. The van der Waals surface area contributed by atoms with Crippen molar-refractivity contribution < 1.29 is 4.79 Å². The summed E-state index contributed by atoms with van der Waals surface area (Å²) in [6.45, 7) is 1.98. The van der Waals surface area contributed by atoms with Crippen molar-refractivity contribution in [3.05, 3.63) is 58.1 Å². The molecule has 0 aliphatic rings. The third kappa shape index (κ3) is 4.03. The third-order valence-electron chi connectivity index (χ3n) is 2.96. The highest BCUT2D eigenvalue weighted by molar-refractivity contribution is 6.42. The molecule has 2 aromatic carbocycles. The summed E-state index contributed by atoms with van der Waals surface area (Å²) in [5, 5.41) is 6.89. The molecule has 0 saturated carbocycles. The predicted octanol–water partition coefficient (Wildman–Crippen LogP) is 4.66. The van der Waals surface area contributed by atoms with Gasteiger partial charge in [-0.3, -0.25) is 0 Å². The van der Waals surface area contributed by atoms with Crippen molar-refractivity contribution in [2.24, 2.45) is 5.73 Å². The van der Waals surface area contributed by atoms with E-state index >= 15 is 0 Å². The van der Waals surface area contributed by atoms with Crippen LogP contribution in [0, 0.1) is 0 Å². The Labute approximate surface area is 133 Å². The van der Waals surface area contributed by atoms with Crippen LogP contribution in [0.15, 0.2) is 42.5 Å². The predicted molar refractivity (Wildman–Crippen MR) is 88.1 cm³/mol. The minimum Gasteiger partial charge on any atom is -0.378 e. The number of nitrogens with two attached hydrogens (primary N) is 1. The van der Waals surface area contributed by atoms with Crippen molar-refractivity contribution in [1.29, 1.82) is 0 Å². The molecule has 0 heterocycles. The molecule has 0 bridgehead atoms. The lowest BCUT2D eigenvalue weighted by Crippen LogP contribution is -2.19. The molecule has 2 aromatic rings. The molecule has 1 unspecified atom stereocenters. The number of halogens is 2. The second-order valence-electron chi connectivity index (χ2n) is 4.58. The van der Waals surface area contributed by atoms with Crippen molar-refractivity contribution >= 4 is 40.6 Å². The van der Waals surface area contributed by atoms with Gasteiger partial charge in [0.05, 0.1) is 16.1 Å². The van der Waals surface area contributed by atoms with Crippen molar-refractivity contribution in [2.45, 2.75) is 13.0 Å². The van der Waals surface area contributed by atoms with Crippen LogP contribution in [0.3, 0.4) is 0 Å². The molecule has 21 heavy (non-hydrogen) atoms. The van der Waals surface area contributed by atoms with Crippen molar-refractivity contribution in [3.8, 4) is 0 Å². The first kappa shape index (κ1) is 15.5. The zero-order chi connectivity index (χ0) is 15.4. The summed E-state index contributed by atoms with van der Waals surface area (Å²) >= 11 is 12.2. The Morgan fingerprint density at radius 3 is 2.52 bits per heavy atom. The summed E-state index contributed by atoms with van der Waals surface area (Å²) in [6, 6.07) is 12.1. The molecule has 4 nitrogen and oxygen atoms in total. The first-order valence-corrected chi connectivity index (χ1v) is 7.10. The van der Waals surface area contributed by atoms with Crippen LogP contribution in [-0.2, 0) is 0 Å². The summed E-state index contributed by atoms with van der Waals surface area (Å²) in [4.78, 5) is 10.9. The Hall–Kier alpha value is -1.91. The van der Waals surface area contributed by atoms with Crippen LogP contribution in [0.1, 0.15) is 18.5 Å². The van der Waals surface area contributed by atoms with Gasteiger partial charge in [0.25, 0.3) is 0 Å². The molecule has 0 spiro atoms. The molecule has 0 radical (unpaired) electrons. The summed E-state index contributed by atoms with van der Waals surface area (Å²) in [6.07, 6.45) is 0.